The van der Waals surface area contributed by atoms with Crippen LogP contribution >= 0.6 is 0 Å². The molecular weight excluding hydrogens is 306 g/mol. The minimum Gasteiger partial charge on any atom is -0.450 e. The SMILES string of the molecule is CCOC(=O)N1CCC(Nc2cc(-c3ncco3)ccc2C)CC1. The second-order valence-electron chi connectivity index (χ2n) is 5.97. The van der Waals surface area contributed by atoms with Crippen molar-refractivity contribution in [2.24, 2.45) is 0 Å². The highest BCUT2D eigenvalue weighted by molar-refractivity contribution is 5.68. The number of amides is 1. The molecule has 1 saturated heterocycles. The van der Waals surface area contributed by atoms with Crippen LogP contribution in [-0.2, 0) is 4.74 Å². The number of piperidine rings is 1. The molecule has 0 radical (unpaired) electrons. The van der Waals surface area contributed by atoms with E-state index >= 15 is 0 Å². The molecule has 2 heterocycles. The molecule has 1 aromatic heterocycles. The van der Waals surface area contributed by atoms with Gasteiger partial charge in [-0.2, -0.15) is 0 Å². The van der Waals surface area contributed by atoms with Crippen LogP contribution in [0.4, 0.5) is 10.5 Å². The first kappa shape index (κ1) is 16.4. The average molecular weight is 329 g/mol. The van der Waals surface area contributed by atoms with Gasteiger partial charge in [0, 0.05) is 30.4 Å². The smallest absolute Gasteiger partial charge is 0.409 e. The molecule has 128 valence electrons. The quantitative estimate of drug-likeness (QED) is 0.926. The largest absolute Gasteiger partial charge is 0.450 e. The lowest BCUT2D eigenvalue weighted by atomic mass is 10.0. The Morgan fingerprint density at radius 2 is 2.21 bits per heavy atom. The van der Waals surface area contributed by atoms with Gasteiger partial charge in [0.05, 0.1) is 12.8 Å². The number of nitrogens with one attached hydrogen (secondary N) is 1. The van der Waals surface area contributed by atoms with E-state index in [4.69, 9.17) is 9.15 Å². The van der Waals surface area contributed by atoms with Gasteiger partial charge in [-0.3, -0.25) is 0 Å². The summed E-state index contributed by atoms with van der Waals surface area (Å²) < 4.78 is 10.4. The highest BCUT2D eigenvalue weighted by Crippen LogP contribution is 2.26. The molecule has 0 spiro atoms. The minimum absolute atomic E-state index is 0.210. The van der Waals surface area contributed by atoms with E-state index in [9.17, 15) is 4.79 Å². The second kappa shape index (κ2) is 7.38. The van der Waals surface area contributed by atoms with Crippen LogP contribution in [0.25, 0.3) is 11.5 Å². The number of hydrogen-bond acceptors (Lipinski definition) is 5. The summed E-state index contributed by atoms with van der Waals surface area (Å²) in [7, 11) is 0. The van der Waals surface area contributed by atoms with Crippen molar-refractivity contribution in [3.8, 4) is 11.5 Å². The van der Waals surface area contributed by atoms with Gasteiger partial charge in [0.2, 0.25) is 5.89 Å². The monoisotopic (exact) mass is 329 g/mol. The molecule has 1 N–H and O–H groups in total. The number of anilines is 1. The molecule has 2 aromatic rings. The van der Waals surface area contributed by atoms with Crippen LogP contribution in [-0.4, -0.2) is 41.7 Å². The first-order valence-corrected chi connectivity index (χ1v) is 8.36. The van der Waals surface area contributed by atoms with Crippen LogP contribution in [0.5, 0.6) is 0 Å². The van der Waals surface area contributed by atoms with Gasteiger partial charge >= 0.3 is 6.09 Å². The predicted octanol–water partition coefficient (Wildman–Crippen LogP) is 3.68. The zero-order valence-corrected chi connectivity index (χ0v) is 14.1. The van der Waals surface area contributed by atoms with Gasteiger partial charge in [0.25, 0.3) is 0 Å². The van der Waals surface area contributed by atoms with E-state index in [0.717, 1.165) is 37.2 Å². The number of oxazole rings is 1. The van der Waals surface area contributed by atoms with Gasteiger partial charge in [0.1, 0.15) is 6.26 Å². The first-order chi connectivity index (χ1) is 11.7. The summed E-state index contributed by atoms with van der Waals surface area (Å²) in [5, 5.41) is 3.59. The van der Waals surface area contributed by atoms with E-state index in [1.165, 1.54) is 5.56 Å². The molecule has 1 fully saturated rings. The fourth-order valence-corrected chi connectivity index (χ4v) is 2.92. The number of rotatable bonds is 4. The lowest BCUT2D eigenvalue weighted by molar-refractivity contribution is 0.0983. The molecule has 6 heteroatoms. The summed E-state index contributed by atoms with van der Waals surface area (Å²) in [4.78, 5) is 17.7. The van der Waals surface area contributed by atoms with Crippen LogP contribution in [0.1, 0.15) is 25.3 Å². The highest BCUT2D eigenvalue weighted by atomic mass is 16.6. The van der Waals surface area contributed by atoms with E-state index in [2.05, 4.69) is 29.4 Å². The van der Waals surface area contributed by atoms with Crippen molar-refractivity contribution in [1.82, 2.24) is 9.88 Å². The normalized spacial score (nSPS) is 15.3. The number of carbonyl (C=O) groups is 1. The van der Waals surface area contributed by atoms with E-state index in [1.54, 1.807) is 17.4 Å². The summed E-state index contributed by atoms with van der Waals surface area (Å²) in [5.41, 5.74) is 3.22. The summed E-state index contributed by atoms with van der Waals surface area (Å²) in [5.74, 6) is 0.621. The van der Waals surface area contributed by atoms with Gasteiger partial charge in [-0.25, -0.2) is 9.78 Å². The number of carbonyl (C=O) groups excluding carboxylic acids is 1. The van der Waals surface area contributed by atoms with Gasteiger partial charge in [-0.15, -0.1) is 0 Å². The minimum atomic E-state index is -0.210. The zero-order valence-electron chi connectivity index (χ0n) is 14.1. The molecule has 1 aliphatic rings. The summed E-state index contributed by atoms with van der Waals surface area (Å²) in [6, 6.07) is 6.48. The van der Waals surface area contributed by atoms with Crippen LogP contribution < -0.4 is 5.32 Å². The molecular formula is C18H23N3O3. The van der Waals surface area contributed by atoms with Crippen molar-refractivity contribution in [2.75, 3.05) is 25.0 Å². The maximum absolute atomic E-state index is 11.8. The topological polar surface area (TPSA) is 67.6 Å². The third-order valence-corrected chi connectivity index (χ3v) is 4.30. The van der Waals surface area contributed by atoms with Gasteiger partial charge < -0.3 is 19.4 Å². The Balaban J connectivity index is 1.63. The van der Waals surface area contributed by atoms with Gasteiger partial charge in [-0.1, -0.05) is 6.07 Å². The van der Waals surface area contributed by atoms with E-state index in [1.807, 2.05) is 13.0 Å². The van der Waals surface area contributed by atoms with Crippen LogP contribution in [0.15, 0.2) is 35.1 Å². The zero-order chi connectivity index (χ0) is 16.9. The Morgan fingerprint density at radius 3 is 2.88 bits per heavy atom. The summed E-state index contributed by atoms with van der Waals surface area (Å²) >= 11 is 0. The van der Waals surface area contributed by atoms with Crippen LogP contribution in [0.2, 0.25) is 0 Å². The van der Waals surface area contributed by atoms with E-state index < -0.39 is 0 Å². The van der Waals surface area contributed by atoms with Crippen molar-refractivity contribution in [3.63, 3.8) is 0 Å². The number of hydrogen-bond donors (Lipinski definition) is 1. The van der Waals surface area contributed by atoms with Crippen molar-refractivity contribution in [1.29, 1.82) is 0 Å². The Morgan fingerprint density at radius 1 is 1.42 bits per heavy atom. The molecule has 1 aliphatic heterocycles. The molecule has 24 heavy (non-hydrogen) atoms. The Kier molecular flexibility index (Phi) is 5.03. The molecule has 0 unspecified atom stereocenters. The van der Waals surface area contributed by atoms with Crippen molar-refractivity contribution < 1.29 is 13.9 Å². The molecule has 1 amide bonds. The molecule has 3 rings (SSSR count). The van der Waals surface area contributed by atoms with Crippen LogP contribution in [0.3, 0.4) is 0 Å². The number of nitrogens with zero attached hydrogens (tertiary/aromatic N) is 2. The molecule has 6 nitrogen and oxygen atoms in total. The summed E-state index contributed by atoms with van der Waals surface area (Å²) in [6.07, 6.45) is 4.82. The number of aromatic nitrogens is 1. The predicted molar refractivity (Wildman–Crippen MR) is 91.9 cm³/mol. The third kappa shape index (κ3) is 3.69. The number of aryl methyl sites for hydroxylation is 1. The maximum Gasteiger partial charge on any atom is 0.409 e. The first-order valence-electron chi connectivity index (χ1n) is 8.36. The molecule has 0 bridgehead atoms. The lowest BCUT2D eigenvalue weighted by Crippen LogP contribution is -2.42. The fourth-order valence-electron chi connectivity index (χ4n) is 2.92. The molecule has 0 saturated carbocycles. The Labute approximate surface area is 141 Å². The number of ether oxygens (including phenoxy) is 1. The number of benzene rings is 1. The van der Waals surface area contributed by atoms with Crippen molar-refractivity contribution >= 4 is 11.8 Å². The van der Waals surface area contributed by atoms with Crippen molar-refractivity contribution in [2.45, 2.75) is 32.7 Å². The highest BCUT2D eigenvalue weighted by Gasteiger charge is 2.23. The molecule has 0 atom stereocenters. The Hall–Kier alpha value is -2.50. The summed E-state index contributed by atoms with van der Waals surface area (Å²) in [6.45, 7) is 5.76. The number of likely N-dealkylation sites (tertiary alicyclic amines) is 1. The lowest BCUT2D eigenvalue weighted by Gasteiger charge is -2.32. The standard InChI is InChI=1S/C18H23N3O3/c1-3-23-18(22)21-9-6-15(7-10-21)20-16-12-14(5-4-13(16)2)17-19-8-11-24-17/h4-5,8,11-12,15,20H,3,6-7,9-10H2,1-2H3. The van der Waals surface area contributed by atoms with Crippen molar-refractivity contribution in [3.05, 3.63) is 36.2 Å². The molecule has 0 aliphatic carbocycles. The fraction of sp³-hybridized carbons (Fsp3) is 0.444. The van der Waals surface area contributed by atoms with E-state index in [-0.39, 0.29) is 6.09 Å². The Bertz CT molecular complexity index is 677. The van der Waals surface area contributed by atoms with Gasteiger partial charge in [0.15, 0.2) is 0 Å². The third-order valence-electron chi connectivity index (χ3n) is 4.30. The van der Waals surface area contributed by atoms with Crippen LogP contribution in [0, 0.1) is 6.92 Å². The second-order valence-corrected chi connectivity index (χ2v) is 5.97. The molecule has 1 aromatic carbocycles. The maximum atomic E-state index is 11.8. The average Bonchev–Trinajstić information content (AvgIpc) is 3.12. The van der Waals surface area contributed by atoms with E-state index in [0.29, 0.717) is 18.5 Å². The van der Waals surface area contributed by atoms with Gasteiger partial charge in [-0.05, 0) is 44.4 Å².